The van der Waals surface area contributed by atoms with Crippen molar-refractivity contribution < 1.29 is 4.79 Å². The minimum absolute atomic E-state index is 0.226. The fourth-order valence-corrected chi connectivity index (χ4v) is 3.82. The SMILES string of the molecule is CSc1cccc(NC(=O)c2c[nH]n3c(=O)c(Cc4ccc(Cl)cc4)c(C)nc23)c1. The molecule has 2 aromatic heterocycles. The monoisotopic (exact) mass is 438 g/mol. The summed E-state index contributed by atoms with van der Waals surface area (Å²) in [7, 11) is 0. The first-order valence-electron chi connectivity index (χ1n) is 9.25. The van der Waals surface area contributed by atoms with E-state index in [4.69, 9.17) is 11.6 Å². The van der Waals surface area contributed by atoms with Crippen LogP contribution < -0.4 is 10.9 Å². The van der Waals surface area contributed by atoms with Crippen molar-refractivity contribution >= 4 is 40.6 Å². The molecule has 6 nitrogen and oxygen atoms in total. The number of benzene rings is 2. The molecule has 152 valence electrons. The van der Waals surface area contributed by atoms with Crippen molar-refractivity contribution in [1.29, 1.82) is 0 Å². The molecular formula is C22H19ClN4O2S. The molecule has 8 heteroatoms. The van der Waals surface area contributed by atoms with Gasteiger partial charge in [0.1, 0.15) is 5.56 Å². The Morgan fingerprint density at radius 2 is 2.00 bits per heavy atom. The van der Waals surface area contributed by atoms with Crippen LogP contribution in [0.3, 0.4) is 0 Å². The number of rotatable bonds is 5. The van der Waals surface area contributed by atoms with Crippen LogP contribution in [0, 0.1) is 6.92 Å². The number of H-pyrrole nitrogens is 1. The minimum atomic E-state index is -0.330. The number of aromatic nitrogens is 3. The fourth-order valence-electron chi connectivity index (χ4n) is 3.23. The Morgan fingerprint density at radius 3 is 2.73 bits per heavy atom. The van der Waals surface area contributed by atoms with E-state index in [1.807, 2.05) is 42.7 Å². The molecule has 0 fully saturated rings. The Kier molecular flexibility index (Phi) is 5.65. The van der Waals surface area contributed by atoms with Crippen LogP contribution >= 0.6 is 23.4 Å². The highest BCUT2D eigenvalue weighted by molar-refractivity contribution is 7.98. The summed E-state index contributed by atoms with van der Waals surface area (Å²) in [5.74, 6) is -0.330. The van der Waals surface area contributed by atoms with E-state index in [0.29, 0.717) is 39.6 Å². The third kappa shape index (κ3) is 3.99. The molecule has 0 aliphatic heterocycles. The second-order valence-electron chi connectivity index (χ2n) is 6.82. The summed E-state index contributed by atoms with van der Waals surface area (Å²) in [5, 5.41) is 6.38. The Hall–Kier alpha value is -3.03. The van der Waals surface area contributed by atoms with E-state index in [-0.39, 0.29) is 11.5 Å². The van der Waals surface area contributed by atoms with Crippen LogP contribution in [0.15, 0.2) is 64.4 Å². The van der Waals surface area contributed by atoms with E-state index >= 15 is 0 Å². The number of amides is 1. The van der Waals surface area contributed by atoms with Gasteiger partial charge in [0.2, 0.25) is 0 Å². The molecule has 2 N–H and O–H groups in total. The van der Waals surface area contributed by atoms with Crippen molar-refractivity contribution in [1.82, 2.24) is 14.6 Å². The number of hydrogen-bond donors (Lipinski definition) is 2. The van der Waals surface area contributed by atoms with Gasteiger partial charge >= 0.3 is 0 Å². The van der Waals surface area contributed by atoms with Gasteiger partial charge < -0.3 is 5.32 Å². The van der Waals surface area contributed by atoms with Crippen LogP contribution in [-0.4, -0.2) is 26.8 Å². The van der Waals surface area contributed by atoms with E-state index in [1.54, 1.807) is 30.8 Å². The highest BCUT2D eigenvalue weighted by atomic mass is 35.5. The number of carbonyl (C=O) groups excluding carboxylic acids is 1. The van der Waals surface area contributed by atoms with Crippen LogP contribution in [0.1, 0.15) is 27.2 Å². The van der Waals surface area contributed by atoms with Gasteiger partial charge in [0, 0.05) is 39.5 Å². The summed E-state index contributed by atoms with van der Waals surface area (Å²) >= 11 is 7.53. The van der Waals surface area contributed by atoms with Crippen LogP contribution in [0.2, 0.25) is 5.02 Å². The summed E-state index contributed by atoms with van der Waals surface area (Å²) in [6, 6.07) is 14.9. The fraction of sp³-hybridized carbons (Fsp3) is 0.136. The summed E-state index contributed by atoms with van der Waals surface area (Å²) in [5.41, 5.74) is 3.18. The standard InChI is InChI=1S/C22H19ClN4O2S/c1-13-18(10-14-6-8-15(23)9-7-14)22(29)27-20(25-13)19(12-24-27)21(28)26-16-4-3-5-17(11-16)30-2/h3-9,11-12,24H,10H2,1-2H3,(H,26,28). The number of thioether (sulfide) groups is 1. The molecule has 4 rings (SSSR count). The molecule has 1 amide bonds. The van der Waals surface area contributed by atoms with Crippen LogP contribution in [0.5, 0.6) is 0 Å². The van der Waals surface area contributed by atoms with Gasteiger partial charge in [-0.1, -0.05) is 29.8 Å². The van der Waals surface area contributed by atoms with E-state index in [1.165, 1.54) is 10.7 Å². The Balaban J connectivity index is 1.67. The number of fused-ring (bicyclic) bond motifs is 1. The summed E-state index contributed by atoms with van der Waals surface area (Å²) < 4.78 is 1.31. The molecule has 0 bridgehead atoms. The zero-order chi connectivity index (χ0) is 21.3. The Morgan fingerprint density at radius 1 is 1.23 bits per heavy atom. The van der Waals surface area contributed by atoms with E-state index < -0.39 is 0 Å². The number of aryl methyl sites for hydroxylation is 1. The highest BCUT2D eigenvalue weighted by Gasteiger charge is 2.18. The zero-order valence-corrected chi connectivity index (χ0v) is 18.0. The first-order valence-corrected chi connectivity index (χ1v) is 10.9. The number of carbonyl (C=O) groups is 1. The summed E-state index contributed by atoms with van der Waals surface area (Å²) in [4.78, 5) is 31.4. The van der Waals surface area contributed by atoms with Gasteiger partial charge in [-0.15, -0.1) is 11.8 Å². The molecule has 0 saturated carbocycles. The van der Waals surface area contributed by atoms with E-state index in [0.717, 1.165) is 10.5 Å². The lowest BCUT2D eigenvalue weighted by Crippen LogP contribution is -2.23. The van der Waals surface area contributed by atoms with Crippen LogP contribution in [-0.2, 0) is 6.42 Å². The van der Waals surface area contributed by atoms with Gasteiger partial charge in [-0.25, -0.2) is 9.50 Å². The largest absolute Gasteiger partial charge is 0.322 e. The Bertz CT molecular complexity index is 1290. The van der Waals surface area contributed by atoms with Crippen molar-refractivity contribution in [3.8, 4) is 0 Å². The van der Waals surface area contributed by atoms with Crippen molar-refractivity contribution in [2.75, 3.05) is 11.6 Å². The number of nitrogens with zero attached hydrogens (tertiary/aromatic N) is 2. The molecule has 0 aliphatic rings. The van der Waals surface area contributed by atoms with Gasteiger partial charge in [-0.05, 0) is 49.1 Å². The molecular weight excluding hydrogens is 420 g/mol. The first kappa shape index (κ1) is 20.3. The second-order valence-corrected chi connectivity index (χ2v) is 8.13. The zero-order valence-electron chi connectivity index (χ0n) is 16.4. The highest BCUT2D eigenvalue weighted by Crippen LogP contribution is 2.20. The van der Waals surface area contributed by atoms with Crippen molar-refractivity contribution in [3.63, 3.8) is 0 Å². The van der Waals surface area contributed by atoms with Crippen LogP contribution in [0.25, 0.3) is 5.65 Å². The number of hydrogen-bond acceptors (Lipinski definition) is 4. The quantitative estimate of drug-likeness (QED) is 0.448. The maximum atomic E-state index is 13.0. The normalized spacial score (nSPS) is 11.0. The van der Waals surface area contributed by atoms with Crippen LogP contribution in [0.4, 0.5) is 5.69 Å². The van der Waals surface area contributed by atoms with Gasteiger partial charge in [0.05, 0.1) is 0 Å². The lowest BCUT2D eigenvalue weighted by molar-refractivity contribution is 0.102. The Labute approximate surface area is 182 Å². The molecule has 2 heterocycles. The molecule has 0 saturated heterocycles. The smallest absolute Gasteiger partial charge is 0.276 e. The topological polar surface area (TPSA) is 79.3 Å². The van der Waals surface area contributed by atoms with Gasteiger partial charge in [-0.3, -0.25) is 14.7 Å². The first-order chi connectivity index (χ1) is 14.5. The lowest BCUT2D eigenvalue weighted by Gasteiger charge is -2.08. The number of halogens is 1. The molecule has 30 heavy (non-hydrogen) atoms. The third-order valence-electron chi connectivity index (χ3n) is 4.83. The maximum Gasteiger partial charge on any atom is 0.276 e. The molecule has 4 aromatic rings. The van der Waals surface area contributed by atoms with Gasteiger partial charge in [0.15, 0.2) is 5.65 Å². The minimum Gasteiger partial charge on any atom is -0.322 e. The third-order valence-corrected chi connectivity index (χ3v) is 5.81. The predicted octanol–water partition coefficient (Wildman–Crippen LogP) is 4.55. The predicted molar refractivity (Wildman–Crippen MR) is 121 cm³/mol. The number of nitrogens with one attached hydrogen (secondary N) is 2. The molecule has 0 spiro atoms. The van der Waals surface area contributed by atoms with E-state index in [2.05, 4.69) is 15.4 Å². The van der Waals surface area contributed by atoms with Crippen molar-refractivity contribution in [3.05, 3.63) is 92.5 Å². The summed E-state index contributed by atoms with van der Waals surface area (Å²) in [6.07, 6.45) is 3.91. The molecule has 0 atom stereocenters. The molecule has 0 unspecified atom stereocenters. The maximum absolute atomic E-state index is 13.0. The lowest BCUT2D eigenvalue weighted by atomic mass is 10.1. The average molecular weight is 439 g/mol. The number of anilines is 1. The average Bonchev–Trinajstić information content (AvgIpc) is 3.16. The second kappa shape index (κ2) is 8.38. The summed E-state index contributed by atoms with van der Waals surface area (Å²) in [6.45, 7) is 1.78. The van der Waals surface area contributed by atoms with Crippen molar-refractivity contribution in [2.45, 2.75) is 18.2 Å². The molecule has 2 aromatic carbocycles. The van der Waals surface area contributed by atoms with Crippen molar-refractivity contribution in [2.24, 2.45) is 0 Å². The van der Waals surface area contributed by atoms with Gasteiger partial charge in [0.25, 0.3) is 11.5 Å². The molecule has 0 aliphatic carbocycles. The van der Waals surface area contributed by atoms with Gasteiger partial charge in [-0.2, -0.15) is 0 Å². The number of aromatic amines is 1. The van der Waals surface area contributed by atoms with E-state index in [9.17, 15) is 9.59 Å². The molecule has 0 radical (unpaired) electrons.